The number of amides is 7. The molecule has 2 unspecified atom stereocenters. The fourth-order valence-corrected chi connectivity index (χ4v) is 9.51. The van der Waals surface area contributed by atoms with E-state index >= 15 is 0 Å². The van der Waals surface area contributed by atoms with Gasteiger partial charge < -0.3 is 74.2 Å². The Morgan fingerprint density at radius 3 is 1.74 bits per heavy atom. The van der Waals surface area contributed by atoms with Gasteiger partial charge in [-0.05, 0) is 55.5 Å². The van der Waals surface area contributed by atoms with Gasteiger partial charge in [-0.3, -0.25) is 24.0 Å². The van der Waals surface area contributed by atoms with E-state index in [9.17, 15) is 48.9 Å². The zero-order valence-corrected chi connectivity index (χ0v) is 44.4. The molecule has 6 atom stereocenters. The van der Waals surface area contributed by atoms with Crippen LogP contribution >= 0.6 is 0 Å². The molecule has 0 radical (unpaired) electrons. The lowest BCUT2D eigenvalue weighted by Crippen LogP contribution is -2.53. The standard InChI is InChI=1S/C54H67N7O17/c1-29(2)46(57-45(62)14-17-75-19-18-72-6)48(64)55-32(5)47(63)56-34-12-10-33(11-13-34)28-78-54(71)61-38-25-44(42(74-8)23-36(38)50(66)59-27-31(4)21-40(59)52(61)68)77-16-9-15-76-43-24-37-35(22-41(43)73-7)49(65)58-26-30(3)20-39(58)51(67)60(37)53(69)70/h10-13,22-25,29,32,39-40,46,51-52,67-68H,3-4,9,14-21,26-28H2,1-2,5-8H3,(H,55,64)(H,56,63)(H,57,62)(H,69,70)/t32-,39?,40-,46-,51?,52-/m0/s1. The Kier molecular flexibility index (Phi) is 18.9. The summed E-state index contributed by atoms with van der Waals surface area (Å²) in [6.45, 7) is 13.8. The van der Waals surface area contributed by atoms with Crippen molar-refractivity contribution in [1.82, 2.24) is 20.4 Å². The van der Waals surface area contributed by atoms with E-state index < -0.39 is 72.4 Å². The summed E-state index contributed by atoms with van der Waals surface area (Å²) in [7, 11) is 4.28. The van der Waals surface area contributed by atoms with Crippen LogP contribution in [0.1, 0.15) is 72.7 Å². The number of fused-ring (bicyclic) bond motifs is 4. The van der Waals surface area contributed by atoms with E-state index in [-0.39, 0.29) is 123 Å². The molecule has 3 aromatic carbocycles. The summed E-state index contributed by atoms with van der Waals surface area (Å²) < 4.78 is 39.4. The topological polar surface area (TPSA) is 294 Å². The molecule has 2 saturated heterocycles. The van der Waals surface area contributed by atoms with Crippen molar-refractivity contribution in [2.75, 3.05) is 82.6 Å². The van der Waals surface area contributed by atoms with Crippen molar-refractivity contribution < 1.29 is 82.0 Å². The third-order valence-electron chi connectivity index (χ3n) is 13.6. The number of aliphatic hydroxyl groups is 2. The van der Waals surface area contributed by atoms with Crippen molar-refractivity contribution >= 4 is 58.8 Å². The molecule has 7 amide bonds. The van der Waals surface area contributed by atoms with E-state index in [1.807, 2.05) is 0 Å². The number of methoxy groups -OCH3 is 3. The Morgan fingerprint density at radius 1 is 0.692 bits per heavy atom. The van der Waals surface area contributed by atoms with E-state index in [0.717, 1.165) is 9.80 Å². The first-order chi connectivity index (χ1) is 37.3. The van der Waals surface area contributed by atoms with Crippen LogP contribution in [0.15, 0.2) is 72.8 Å². The second-order valence-electron chi connectivity index (χ2n) is 19.5. The zero-order valence-electron chi connectivity index (χ0n) is 44.4. The summed E-state index contributed by atoms with van der Waals surface area (Å²) in [5, 5.41) is 41.4. The largest absolute Gasteiger partial charge is 0.493 e. The molecule has 4 heterocycles. The van der Waals surface area contributed by atoms with Crippen LogP contribution in [0.2, 0.25) is 0 Å². The first-order valence-electron chi connectivity index (χ1n) is 25.3. The Morgan fingerprint density at radius 2 is 1.23 bits per heavy atom. The number of anilines is 3. The maximum absolute atomic E-state index is 14.2. The van der Waals surface area contributed by atoms with Crippen LogP contribution in [0, 0.1) is 5.92 Å². The van der Waals surface area contributed by atoms with E-state index in [2.05, 4.69) is 29.1 Å². The first kappa shape index (κ1) is 57.8. The molecule has 6 N–H and O–H groups in total. The summed E-state index contributed by atoms with van der Waals surface area (Å²) in [6.07, 6.45) is -4.97. The monoisotopic (exact) mass is 1090 g/mol. The molecule has 420 valence electrons. The summed E-state index contributed by atoms with van der Waals surface area (Å²) in [5.41, 5.74) is 2.13. The minimum atomic E-state index is -1.59. The second-order valence-corrected chi connectivity index (χ2v) is 19.5. The number of nitrogens with zero attached hydrogens (tertiary/aromatic N) is 4. The minimum Gasteiger partial charge on any atom is -0.493 e. The predicted octanol–water partition coefficient (Wildman–Crippen LogP) is 4.02. The molecule has 3 aromatic rings. The minimum absolute atomic E-state index is 0.00454. The summed E-state index contributed by atoms with van der Waals surface area (Å²) in [5.74, 6) is -2.25. The van der Waals surface area contributed by atoms with Gasteiger partial charge in [0.25, 0.3) is 11.8 Å². The number of hydrogen-bond acceptors (Lipinski definition) is 16. The predicted molar refractivity (Wildman–Crippen MR) is 281 cm³/mol. The quantitative estimate of drug-likeness (QED) is 0.0612. The highest BCUT2D eigenvalue weighted by Gasteiger charge is 2.48. The molecular weight excluding hydrogens is 1020 g/mol. The van der Waals surface area contributed by atoms with Crippen molar-refractivity contribution in [3.8, 4) is 23.0 Å². The number of nitrogens with one attached hydrogen (secondary N) is 3. The number of benzene rings is 3. The summed E-state index contributed by atoms with van der Waals surface area (Å²) >= 11 is 0. The van der Waals surface area contributed by atoms with Gasteiger partial charge in [-0.2, -0.15) is 0 Å². The molecule has 0 aliphatic carbocycles. The molecule has 0 aromatic heterocycles. The molecule has 78 heavy (non-hydrogen) atoms. The molecule has 24 heteroatoms. The van der Waals surface area contributed by atoms with Crippen LogP contribution in [-0.2, 0) is 35.2 Å². The second kappa shape index (κ2) is 25.5. The summed E-state index contributed by atoms with van der Waals surface area (Å²) in [6, 6.07) is 8.27. The number of ether oxygens (including phenoxy) is 7. The lowest BCUT2D eigenvalue weighted by molar-refractivity contribution is -0.132. The molecule has 2 fully saturated rings. The molecule has 0 spiro atoms. The van der Waals surface area contributed by atoms with Gasteiger partial charge in [0.2, 0.25) is 17.7 Å². The van der Waals surface area contributed by atoms with Crippen molar-refractivity contribution in [3.05, 3.63) is 89.5 Å². The van der Waals surface area contributed by atoms with Crippen LogP contribution in [0.4, 0.5) is 26.7 Å². The van der Waals surface area contributed by atoms with E-state index in [0.29, 0.717) is 35.6 Å². The van der Waals surface area contributed by atoms with Gasteiger partial charge >= 0.3 is 12.2 Å². The van der Waals surface area contributed by atoms with E-state index in [1.54, 1.807) is 38.1 Å². The summed E-state index contributed by atoms with van der Waals surface area (Å²) in [4.78, 5) is 98.0. The Balaban J connectivity index is 0.994. The third-order valence-corrected chi connectivity index (χ3v) is 13.6. The first-order valence-corrected chi connectivity index (χ1v) is 25.3. The highest BCUT2D eigenvalue weighted by atomic mass is 16.6. The van der Waals surface area contributed by atoms with Crippen LogP contribution in [0.25, 0.3) is 0 Å². The normalized spacial score (nSPS) is 19.4. The molecule has 0 bridgehead atoms. The highest BCUT2D eigenvalue weighted by molar-refractivity contribution is 6.07. The molecular formula is C54H67N7O17. The smallest absolute Gasteiger partial charge is 0.416 e. The Hall–Kier alpha value is -7.93. The number of hydrogen-bond donors (Lipinski definition) is 6. The lowest BCUT2D eigenvalue weighted by atomic mass is 10.0. The van der Waals surface area contributed by atoms with E-state index in [4.69, 9.17) is 33.2 Å². The van der Waals surface area contributed by atoms with Crippen LogP contribution in [0.3, 0.4) is 0 Å². The van der Waals surface area contributed by atoms with Gasteiger partial charge in [0.05, 0.1) is 81.8 Å². The SMILES string of the molecule is C=C1CC2C(O)N(C(=O)O)c3cc(OCCCOc4cc5c(cc4OC)C(=O)N4CC(=C)C[C@H]4[C@H](O)N5C(=O)OCc4ccc(NC(=O)[C@H](C)NC(=O)[C@@H](NC(=O)CCOCCOC)C(C)C)cc4)c(OC)cc3C(=O)N2C1. The van der Waals surface area contributed by atoms with Crippen LogP contribution in [0.5, 0.6) is 23.0 Å². The van der Waals surface area contributed by atoms with Crippen molar-refractivity contribution in [1.29, 1.82) is 0 Å². The number of carbonyl (C=O) groups excluding carboxylic acids is 6. The zero-order chi connectivity index (χ0) is 56.5. The highest BCUT2D eigenvalue weighted by Crippen LogP contribution is 2.44. The molecule has 0 saturated carbocycles. The van der Waals surface area contributed by atoms with Gasteiger partial charge in [0.1, 0.15) is 18.7 Å². The molecule has 7 rings (SSSR count). The average molecular weight is 1090 g/mol. The van der Waals surface area contributed by atoms with Crippen molar-refractivity contribution in [3.63, 3.8) is 0 Å². The van der Waals surface area contributed by atoms with Crippen molar-refractivity contribution in [2.45, 2.75) is 89.7 Å². The maximum atomic E-state index is 14.2. The average Bonchev–Trinajstić information content (AvgIpc) is 4.19. The number of carboxylic acid groups (broad SMARTS) is 1. The molecule has 24 nitrogen and oxygen atoms in total. The molecule has 4 aliphatic rings. The third kappa shape index (κ3) is 12.9. The fourth-order valence-electron chi connectivity index (χ4n) is 9.51. The van der Waals surface area contributed by atoms with Gasteiger partial charge in [-0.15, -0.1) is 0 Å². The number of aliphatic hydroxyl groups excluding tert-OH is 2. The Labute approximate surface area is 450 Å². The fraction of sp³-hybridized carbons (Fsp3) is 0.463. The van der Waals surface area contributed by atoms with Gasteiger partial charge in [0.15, 0.2) is 35.5 Å². The lowest BCUT2D eigenvalue weighted by Gasteiger charge is -2.31. The number of rotatable bonds is 22. The van der Waals surface area contributed by atoms with Gasteiger partial charge in [0, 0.05) is 50.9 Å². The van der Waals surface area contributed by atoms with E-state index in [1.165, 1.54) is 62.3 Å². The Bertz CT molecular complexity index is 2790. The molecule has 4 aliphatic heterocycles. The van der Waals surface area contributed by atoms with Gasteiger partial charge in [-0.1, -0.05) is 50.3 Å². The van der Waals surface area contributed by atoms with Crippen LogP contribution in [-0.4, -0.2) is 171 Å². The maximum Gasteiger partial charge on any atom is 0.416 e. The number of carbonyl (C=O) groups is 7. The van der Waals surface area contributed by atoms with Crippen molar-refractivity contribution in [2.24, 2.45) is 5.92 Å². The van der Waals surface area contributed by atoms with Crippen LogP contribution < -0.4 is 44.7 Å². The van der Waals surface area contributed by atoms with Gasteiger partial charge in [-0.25, -0.2) is 19.4 Å².